The van der Waals surface area contributed by atoms with E-state index in [-0.39, 0.29) is 22.9 Å². The summed E-state index contributed by atoms with van der Waals surface area (Å²) in [5.74, 6) is -0.677. The van der Waals surface area contributed by atoms with Crippen LogP contribution < -0.4 is 4.72 Å². The van der Waals surface area contributed by atoms with Gasteiger partial charge >= 0.3 is 0 Å². The van der Waals surface area contributed by atoms with Crippen LogP contribution in [0.15, 0.2) is 40.6 Å². The summed E-state index contributed by atoms with van der Waals surface area (Å²) >= 11 is 6.97. The van der Waals surface area contributed by atoms with Crippen molar-refractivity contribution in [2.75, 3.05) is 6.54 Å². The van der Waals surface area contributed by atoms with Crippen molar-refractivity contribution in [2.45, 2.75) is 17.4 Å². The molecule has 1 unspecified atom stereocenters. The predicted molar refractivity (Wildman–Crippen MR) is 80.5 cm³/mol. The van der Waals surface area contributed by atoms with Crippen LogP contribution in [0.4, 0.5) is 4.39 Å². The summed E-state index contributed by atoms with van der Waals surface area (Å²) < 4.78 is 39.4. The van der Waals surface area contributed by atoms with Gasteiger partial charge in [0, 0.05) is 11.4 Å². The first-order valence-electron chi connectivity index (χ1n) is 6.06. The fourth-order valence-corrected chi connectivity index (χ4v) is 3.75. The first-order chi connectivity index (χ1) is 9.90. The van der Waals surface area contributed by atoms with Gasteiger partial charge in [0.1, 0.15) is 5.82 Å². The fourth-order valence-electron chi connectivity index (χ4n) is 1.68. The Morgan fingerprint density at radius 1 is 1.38 bits per heavy atom. The minimum Gasteiger partial charge on any atom is -0.388 e. The van der Waals surface area contributed by atoms with Crippen LogP contribution in [0.5, 0.6) is 0 Å². The third-order valence-electron chi connectivity index (χ3n) is 2.78. The zero-order chi connectivity index (χ0) is 15.5. The molecule has 1 heterocycles. The number of aliphatic hydroxyl groups is 1. The second kappa shape index (κ2) is 6.85. The molecule has 114 valence electrons. The predicted octanol–water partition coefficient (Wildman–Crippen LogP) is 2.94. The second-order valence-corrected chi connectivity index (χ2v) is 7.45. The number of rotatable bonds is 6. The van der Waals surface area contributed by atoms with Gasteiger partial charge in [0.15, 0.2) is 0 Å². The summed E-state index contributed by atoms with van der Waals surface area (Å²) in [5.41, 5.74) is 0. The molecule has 2 aromatic rings. The zero-order valence-electron chi connectivity index (χ0n) is 10.8. The molecule has 0 aliphatic heterocycles. The topological polar surface area (TPSA) is 66.4 Å². The van der Waals surface area contributed by atoms with Crippen LogP contribution in [-0.2, 0) is 10.0 Å². The highest BCUT2D eigenvalue weighted by Gasteiger charge is 2.16. The fraction of sp³-hybridized carbons (Fsp3) is 0.231. The van der Waals surface area contributed by atoms with Gasteiger partial charge in [0.05, 0.1) is 16.0 Å². The van der Waals surface area contributed by atoms with Crippen molar-refractivity contribution >= 4 is 33.0 Å². The Hall–Kier alpha value is -0.990. The molecule has 1 aromatic carbocycles. The third-order valence-corrected chi connectivity index (χ3v) is 5.50. The molecule has 0 saturated heterocycles. The largest absolute Gasteiger partial charge is 0.388 e. The van der Waals surface area contributed by atoms with Crippen molar-refractivity contribution in [1.29, 1.82) is 0 Å². The van der Waals surface area contributed by atoms with Crippen LogP contribution in [0.2, 0.25) is 5.02 Å². The SMILES string of the molecule is O=S(=O)(NCCC(O)c1cccs1)c1ccc(F)c(Cl)c1. The molecule has 4 nitrogen and oxygen atoms in total. The lowest BCUT2D eigenvalue weighted by Crippen LogP contribution is -2.25. The zero-order valence-corrected chi connectivity index (χ0v) is 13.2. The van der Waals surface area contributed by atoms with Gasteiger partial charge in [-0.25, -0.2) is 17.5 Å². The number of halogens is 2. The number of hydrogen-bond donors (Lipinski definition) is 2. The monoisotopic (exact) mass is 349 g/mol. The molecule has 8 heteroatoms. The molecule has 21 heavy (non-hydrogen) atoms. The number of nitrogens with one attached hydrogen (secondary N) is 1. The molecule has 2 N–H and O–H groups in total. The molecule has 0 amide bonds. The minimum atomic E-state index is -3.77. The quantitative estimate of drug-likeness (QED) is 0.842. The summed E-state index contributed by atoms with van der Waals surface area (Å²) in [4.78, 5) is 0.665. The van der Waals surface area contributed by atoms with E-state index in [4.69, 9.17) is 11.6 Å². The van der Waals surface area contributed by atoms with Gasteiger partial charge < -0.3 is 5.11 Å². The van der Waals surface area contributed by atoms with Crippen LogP contribution >= 0.6 is 22.9 Å². The van der Waals surface area contributed by atoms with Crippen LogP contribution in [-0.4, -0.2) is 20.1 Å². The van der Waals surface area contributed by atoms with Crippen molar-refractivity contribution in [3.8, 4) is 0 Å². The van der Waals surface area contributed by atoms with Crippen molar-refractivity contribution in [3.05, 3.63) is 51.4 Å². The molecular formula is C13H13ClFNO3S2. The summed E-state index contributed by atoms with van der Waals surface area (Å²) in [6.45, 7) is 0.0659. The van der Waals surface area contributed by atoms with Crippen molar-refractivity contribution in [3.63, 3.8) is 0 Å². The Bertz CT molecular complexity index is 704. The molecule has 0 saturated carbocycles. The van der Waals surface area contributed by atoms with Gasteiger partial charge in [-0.2, -0.15) is 0 Å². The van der Waals surface area contributed by atoms with Gasteiger partial charge in [-0.1, -0.05) is 17.7 Å². The lowest BCUT2D eigenvalue weighted by Gasteiger charge is -2.10. The number of benzene rings is 1. The van der Waals surface area contributed by atoms with E-state index >= 15 is 0 Å². The molecule has 0 spiro atoms. The van der Waals surface area contributed by atoms with Crippen molar-refractivity contribution in [1.82, 2.24) is 4.72 Å². The highest BCUT2D eigenvalue weighted by molar-refractivity contribution is 7.89. The van der Waals surface area contributed by atoms with Crippen LogP contribution in [0.1, 0.15) is 17.4 Å². The van der Waals surface area contributed by atoms with Gasteiger partial charge in [-0.3, -0.25) is 0 Å². The van der Waals surface area contributed by atoms with E-state index in [9.17, 15) is 17.9 Å². The van der Waals surface area contributed by atoms with Crippen LogP contribution in [0.3, 0.4) is 0 Å². The first-order valence-corrected chi connectivity index (χ1v) is 8.80. The Morgan fingerprint density at radius 2 is 2.14 bits per heavy atom. The maximum absolute atomic E-state index is 13.0. The molecule has 2 rings (SSSR count). The van der Waals surface area contributed by atoms with E-state index in [2.05, 4.69) is 4.72 Å². The Morgan fingerprint density at radius 3 is 2.76 bits per heavy atom. The first kappa shape index (κ1) is 16.4. The molecule has 0 fully saturated rings. The van der Waals surface area contributed by atoms with Crippen LogP contribution in [0.25, 0.3) is 0 Å². The molecule has 0 bridgehead atoms. The Kier molecular flexibility index (Phi) is 5.34. The Balaban J connectivity index is 1.96. The highest BCUT2D eigenvalue weighted by atomic mass is 35.5. The van der Waals surface area contributed by atoms with E-state index in [1.807, 2.05) is 11.4 Å². The van der Waals surface area contributed by atoms with Gasteiger partial charge in [0.2, 0.25) is 10.0 Å². The average Bonchev–Trinajstić information content (AvgIpc) is 2.95. The smallest absolute Gasteiger partial charge is 0.240 e. The number of thiophene rings is 1. The average molecular weight is 350 g/mol. The molecule has 0 aliphatic carbocycles. The van der Waals surface area contributed by atoms with Gasteiger partial charge in [0.25, 0.3) is 0 Å². The standard InChI is InChI=1S/C13H13ClFNO3S2/c14-10-8-9(3-4-11(10)15)21(18,19)16-6-5-12(17)13-2-1-7-20-13/h1-4,7-8,12,16-17H,5-6H2. The van der Waals surface area contributed by atoms with E-state index in [1.54, 1.807) is 6.07 Å². The van der Waals surface area contributed by atoms with Crippen molar-refractivity contribution in [2.24, 2.45) is 0 Å². The summed E-state index contributed by atoms with van der Waals surface area (Å²) in [5, 5.41) is 11.4. The highest BCUT2D eigenvalue weighted by Crippen LogP contribution is 2.22. The molecule has 1 atom stereocenters. The summed E-state index contributed by atoms with van der Waals surface area (Å²) in [6, 6.07) is 6.78. The summed E-state index contributed by atoms with van der Waals surface area (Å²) in [6.07, 6.45) is -0.473. The van der Waals surface area contributed by atoms with E-state index in [0.29, 0.717) is 0 Å². The number of hydrogen-bond acceptors (Lipinski definition) is 4. The normalized spacial score (nSPS) is 13.3. The lowest BCUT2D eigenvalue weighted by atomic mass is 10.2. The molecule has 0 aliphatic rings. The maximum Gasteiger partial charge on any atom is 0.240 e. The summed E-state index contributed by atoms with van der Waals surface area (Å²) in [7, 11) is -3.77. The molecule has 0 radical (unpaired) electrons. The van der Waals surface area contributed by atoms with Crippen LogP contribution in [0, 0.1) is 5.82 Å². The molecule has 1 aromatic heterocycles. The van der Waals surface area contributed by atoms with Gasteiger partial charge in [-0.05, 0) is 36.1 Å². The van der Waals surface area contributed by atoms with E-state index in [0.717, 1.165) is 23.1 Å². The third kappa shape index (κ3) is 4.24. The minimum absolute atomic E-state index is 0.0659. The van der Waals surface area contributed by atoms with E-state index in [1.165, 1.54) is 11.3 Å². The molecular weight excluding hydrogens is 337 g/mol. The number of aliphatic hydroxyl groups excluding tert-OH is 1. The Labute approximate surface area is 131 Å². The maximum atomic E-state index is 13.0. The van der Waals surface area contributed by atoms with E-state index < -0.39 is 21.9 Å². The second-order valence-electron chi connectivity index (χ2n) is 4.29. The lowest BCUT2D eigenvalue weighted by molar-refractivity contribution is 0.173. The van der Waals surface area contributed by atoms with Gasteiger partial charge in [-0.15, -0.1) is 11.3 Å². The number of sulfonamides is 1. The van der Waals surface area contributed by atoms with Crippen molar-refractivity contribution < 1.29 is 17.9 Å².